The van der Waals surface area contributed by atoms with E-state index in [9.17, 15) is 21.6 Å². The van der Waals surface area contributed by atoms with Gasteiger partial charge in [0.05, 0.1) is 12.3 Å². The second-order valence-electron chi connectivity index (χ2n) is 5.09. The predicted molar refractivity (Wildman–Crippen MR) is 84.4 cm³/mol. The van der Waals surface area contributed by atoms with Crippen molar-refractivity contribution < 1.29 is 21.6 Å². The molecular formula is C13H12F3N5O2S2. The number of sulfonamides is 1. The minimum Gasteiger partial charge on any atom is -0.212 e. The first-order valence-corrected chi connectivity index (χ1v) is 9.51. The van der Waals surface area contributed by atoms with Crippen LogP contribution in [0.15, 0.2) is 30.3 Å². The van der Waals surface area contributed by atoms with Crippen LogP contribution in [0.3, 0.4) is 0 Å². The van der Waals surface area contributed by atoms with Crippen LogP contribution in [0.2, 0.25) is 0 Å². The number of aryl methyl sites for hydroxylation is 1. The molecule has 134 valence electrons. The highest BCUT2D eigenvalue weighted by molar-refractivity contribution is 7.89. The Morgan fingerprint density at radius 3 is 2.56 bits per heavy atom. The third-order valence-corrected chi connectivity index (χ3v) is 5.46. The summed E-state index contributed by atoms with van der Waals surface area (Å²) in [5.41, 5.74) is 0.876. The van der Waals surface area contributed by atoms with E-state index in [1.165, 1.54) is 0 Å². The number of hydrogen-bond acceptors (Lipinski definition) is 6. The average molecular weight is 391 g/mol. The van der Waals surface area contributed by atoms with Crippen LogP contribution in [0.5, 0.6) is 0 Å². The first kappa shape index (κ1) is 17.8. The van der Waals surface area contributed by atoms with Crippen LogP contribution in [0, 0.1) is 0 Å². The van der Waals surface area contributed by atoms with Gasteiger partial charge in [-0.15, -0.1) is 10.2 Å². The van der Waals surface area contributed by atoms with E-state index in [0.29, 0.717) is 10.9 Å². The van der Waals surface area contributed by atoms with E-state index >= 15 is 0 Å². The summed E-state index contributed by atoms with van der Waals surface area (Å²) >= 11 is 0.841. The van der Waals surface area contributed by atoms with Gasteiger partial charge in [-0.05, 0) is 12.0 Å². The maximum absolute atomic E-state index is 12.7. The maximum Gasteiger partial charge on any atom is 0.453 e. The van der Waals surface area contributed by atoms with Gasteiger partial charge in [-0.25, -0.2) is 13.1 Å². The van der Waals surface area contributed by atoms with Crippen molar-refractivity contribution in [2.24, 2.45) is 0 Å². The van der Waals surface area contributed by atoms with Gasteiger partial charge < -0.3 is 0 Å². The normalized spacial score (nSPS) is 12.8. The van der Waals surface area contributed by atoms with Crippen molar-refractivity contribution in [3.63, 3.8) is 0 Å². The van der Waals surface area contributed by atoms with Crippen molar-refractivity contribution in [2.45, 2.75) is 19.1 Å². The number of benzene rings is 1. The molecule has 3 rings (SSSR count). The standard InChI is InChI=1S/C13H12F3N5O2S2/c14-13(15,16)11-18-19-12-21(11)20-10(24-12)8-17-25(22,23)7-6-9-4-2-1-3-5-9/h1-5,17H,6-8H2. The molecule has 7 nitrogen and oxygen atoms in total. The summed E-state index contributed by atoms with van der Waals surface area (Å²) in [5.74, 6) is -1.37. The molecule has 0 amide bonds. The van der Waals surface area contributed by atoms with Gasteiger partial charge in [-0.3, -0.25) is 0 Å². The average Bonchev–Trinajstić information content (AvgIpc) is 3.11. The molecule has 0 aliphatic carbocycles. The Morgan fingerprint density at radius 1 is 1.16 bits per heavy atom. The summed E-state index contributed by atoms with van der Waals surface area (Å²) < 4.78 is 65.1. The van der Waals surface area contributed by atoms with Crippen molar-refractivity contribution in [1.82, 2.24) is 24.5 Å². The number of rotatable bonds is 6. The van der Waals surface area contributed by atoms with Crippen LogP contribution in [-0.2, 0) is 29.2 Å². The molecule has 0 bridgehead atoms. The molecule has 2 aromatic heterocycles. The third-order valence-electron chi connectivity index (χ3n) is 3.23. The second kappa shape index (κ2) is 6.69. The Balaban J connectivity index is 1.64. The highest BCUT2D eigenvalue weighted by Gasteiger charge is 2.38. The lowest BCUT2D eigenvalue weighted by atomic mass is 10.2. The van der Waals surface area contributed by atoms with Gasteiger partial charge in [0, 0.05) is 0 Å². The first-order valence-electron chi connectivity index (χ1n) is 7.04. The van der Waals surface area contributed by atoms with E-state index in [4.69, 9.17) is 0 Å². The summed E-state index contributed by atoms with van der Waals surface area (Å²) in [6, 6.07) is 9.09. The molecule has 0 radical (unpaired) electrons. The van der Waals surface area contributed by atoms with E-state index in [1.54, 1.807) is 0 Å². The van der Waals surface area contributed by atoms with Crippen LogP contribution in [0.4, 0.5) is 13.2 Å². The molecule has 25 heavy (non-hydrogen) atoms. The van der Waals surface area contributed by atoms with E-state index in [2.05, 4.69) is 20.0 Å². The Morgan fingerprint density at radius 2 is 1.88 bits per heavy atom. The van der Waals surface area contributed by atoms with Crippen LogP contribution in [0.25, 0.3) is 4.96 Å². The Bertz CT molecular complexity index is 967. The van der Waals surface area contributed by atoms with Crippen LogP contribution in [0.1, 0.15) is 16.4 Å². The van der Waals surface area contributed by atoms with Gasteiger partial charge >= 0.3 is 6.18 Å². The second-order valence-corrected chi connectivity index (χ2v) is 8.05. The van der Waals surface area contributed by atoms with Crippen LogP contribution >= 0.6 is 11.3 Å². The zero-order valence-corrected chi connectivity index (χ0v) is 14.2. The molecule has 0 aliphatic rings. The Labute approximate surface area is 144 Å². The fourth-order valence-corrected chi connectivity index (χ4v) is 3.92. The molecule has 0 fully saturated rings. The molecule has 0 spiro atoms. The van der Waals surface area contributed by atoms with Gasteiger partial charge in [-0.2, -0.15) is 22.8 Å². The van der Waals surface area contributed by atoms with Crippen molar-refractivity contribution >= 4 is 26.3 Å². The summed E-state index contributed by atoms with van der Waals surface area (Å²) in [7, 11) is -3.59. The molecular weight excluding hydrogens is 379 g/mol. The third kappa shape index (κ3) is 4.32. The summed E-state index contributed by atoms with van der Waals surface area (Å²) in [4.78, 5) is -0.0502. The van der Waals surface area contributed by atoms with Crippen molar-refractivity contribution in [3.05, 3.63) is 46.7 Å². The number of halogens is 3. The lowest BCUT2D eigenvalue weighted by molar-refractivity contribution is -0.146. The van der Waals surface area contributed by atoms with Gasteiger partial charge in [-0.1, -0.05) is 41.7 Å². The predicted octanol–water partition coefficient (Wildman–Crippen LogP) is 1.87. The van der Waals surface area contributed by atoms with Gasteiger partial charge in [0.2, 0.25) is 15.0 Å². The van der Waals surface area contributed by atoms with Gasteiger partial charge in [0.1, 0.15) is 5.01 Å². The van der Waals surface area contributed by atoms with E-state index in [-0.39, 0.29) is 22.3 Å². The molecule has 0 atom stereocenters. The Kier molecular flexibility index (Phi) is 4.75. The maximum atomic E-state index is 12.7. The van der Waals surface area contributed by atoms with Gasteiger partial charge in [0.15, 0.2) is 0 Å². The Hall–Kier alpha value is -2.05. The fourth-order valence-electron chi connectivity index (χ4n) is 2.05. The number of nitrogens with zero attached hydrogens (tertiary/aromatic N) is 4. The molecule has 1 N–H and O–H groups in total. The summed E-state index contributed by atoms with van der Waals surface area (Å²) in [6.07, 6.45) is -4.35. The number of fused-ring (bicyclic) bond motifs is 1. The van der Waals surface area contributed by atoms with E-state index < -0.39 is 22.0 Å². The van der Waals surface area contributed by atoms with Crippen LogP contribution in [-0.4, -0.2) is 34.0 Å². The van der Waals surface area contributed by atoms with Gasteiger partial charge in [0.25, 0.3) is 5.82 Å². The summed E-state index contributed by atoms with van der Waals surface area (Å²) in [6.45, 7) is -0.206. The van der Waals surface area contributed by atoms with Crippen molar-refractivity contribution in [3.8, 4) is 0 Å². The van der Waals surface area contributed by atoms with E-state index in [0.717, 1.165) is 16.9 Å². The number of hydrogen-bond donors (Lipinski definition) is 1. The first-order chi connectivity index (χ1) is 11.7. The molecule has 0 aliphatic heterocycles. The number of aromatic nitrogens is 4. The van der Waals surface area contributed by atoms with Crippen LogP contribution < -0.4 is 4.72 Å². The largest absolute Gasteiger partial charge is 0.453 e. The zero-order valence-electron chi connectivity index (χ0n) is 12.6. The molecule has 2 heterocycles. The SMILES string of the molecule is O=S(=O)(CCc1ccccc1)NCc1nn2c(C(F)(F)F)nnc2s1. The monoisotopic (exact) mass is 391 g/mol. The quantitative estimate of drug-likeness (QED) is 0.693. The molecule has 0 saturated heterocycles. The number of nitrogens with one attached hydrogen (secondary N) is 1. The fraction of sp³-hybridized carbons (Fsp3) is 0.308. The number of alkyl halides is 3. The summed E-state index contributed by atoms with van der Waals surface area (Å²) in [5, 5.41) is 10.3. The van der Waals surface area contributed by atoms with E-state index in [1.807, 2.05) is 30.3 Å². The minimum absolute atomic E-state index is 0.0502. The van der Waals surface area contributed by atoms with Crippen molar-refractivity contribution in [1.29, 1.82) is 0 Å². The molecule has 3 aromatic rings. The minimum atomic E-state index is -4.68. The molecule has 1 aromatic carbocycles. The highest BCUT2D eigenvalue weighted by atomic mass is 32.2. The molecule has 0 unspecified atom stereocenters. The smallest absolute Gasteiger partial charge is 0.212 e. The zero-order chi connectivity index (χ0) is 18.1. The highest BCUT2D eigenvalue weighted by Crippen LogP contribution is 2.28. The molecule has 12 heteroatoms. The molecule has 0 saturated carbocycles. The lowest BCUT2D eigenvalue weighted by Gasteiger charge is -2.05. The van der Waals surface area contributed by atoms with Crippen molar-refractivity contribution in [2.75, 3.05) is 5.75 Å². The lowest BCUT2D eigenvalue weighted by Crippen LogP contribution is -2.27. The topological polar surface area (TPSA) is 89.2 Å².